The quantitative estimate of drug-likeness (QED) is 0.813. The molecule has 0 unspecified atom stereocenters. The third-order valence-corrected chi connectivity index (χ3v) is 4.97. The SMILES string of the molecule is CC(=O)N(c1nc(-c2cnc3n2C=C(F)CC=C3)ncc1C)C1CCOCC1. The molecule has 0 N–H and O–H groups in total. The minimum Gasteiger partial charge on any atom is -0.381 e. The number of allylic oxidation sites excluding steroid dienone is 2. The Morgan fingerprint density at radius 1 is 1.29 bits per heavy atom. The third kappa shape index (κ3) is 3.47. The predicted molar refractivity (Wildman–Crippen MR) is 104 cm³/mol. The third-order valence-electron chi connectivity index (χ3n) is 4.97. The molecule has 0 radical (unpaired) electrons. The van der Waals surface area contributed by atoms with Gasteiger partial charge >= 0.3 is 0 Å². The largest absolute Gasteiger partial charge is 0.381 e. The van der Waals surface area contributed by atoms with Crippen LogP contribution in [0, 0.1) is 6.92 Å². The summed E-state index contributed by atoms with van der Waals surface area (Å²) in [4.78, 5) is 27.6. The van der Waals surface area contributed by atoms with Gasteiger partial charge in [0.25, 0.3) is 0 Å². The number of amides is 1. The van der Waals surface area contributed by atoms with Crippen LogP contribution in [0.5, 0.6) is 0 Å². The van der Waals surface area contributed by atoms with E-state index in [0.717, 1.165) is 18.4 Å². The summed E-state index contributed by atoms with van der Waals surface area (Å²) in [6, 6.07) is 0.0375. The highest BCUT2D eigenvalue weighted by atomic mass is 19.1. The first-order valence-electron chi connectivity index (χ1n) is 9.36. The molecule has 2 aromatic heterocycles. The van der Waals surface area contributed by atoms with E-state index in [1.165, 1.54) is 6.20 Å². The summed E-state index contributed by atoms with van der Waals surface area (Å²) in [5.41, 5.74) is 1.39. The van der Waals surface area contributed by atoms with Crippen LogP contribution in [0.2, 0.25) is 0 Å². The van der Waals surface area contributed by atoms with Crippen molar-refractivity contribution < 1.29 is 13.9 Å². The van der Waals surface area contributed by atoms with Crippen LogP contribution in [0.3, 0.4) is 0 Å². The second-order valence-corrected chi connectivity index (χ2v) is 6.99. The highest BCUT2D eigenvalue weighted by molar-refractivity contribution is 5.92. The summed E-state index contributed by atoms with van der Waals surface area (Å²) >= 11 is 0. The molecule has 2 aromatic rings. The molecule has 8 heteroatoms. The first kappa shape index (κ1) is 18.5. The molecule has 0 bridgehead atoms. The number of aromatic nitrogens is 4. The van der Waals surface area contributed by atoms with Gasteiger partial charge in [0.2, 0.25) is 5.91 Å². The van der Waals surface area contributed by atoms with E-state index >= 15 is 0 Å². The van der Waals surface area contributed by atoms with Crippen LogP contribution in [0.25, 0.3) is 23.8 Å². The van der Waals surface area contributed by atoms with Gasteiger partial charge in [0, 0.05) is 50.6 Å². The number of rotatable bonds is 3. The number of hydrogen-bond donors (Lipinski definition) is 0. The molecule has 0 spiro atoms. The zero-order valence-electron chi connectivity index (χ0n) is 15.9. The van der Waals surface area contributed by atoms with E-state index in [2.05, 4.69) is 9.97 Å². The molecule has 2 aliphatic heterocycles. The molecule has 4 heterocycles. The van der Waals surface area contributed by atoms with Gasteiger partial charge in [-0.3, -0.25) is 14.3 Å². The van der Waals surface area contributed by atoms with Crippen molar-refractivity contribution >= 4 is 24.0 Å². The maximum atomic E-state index is 14.0. The Balaban J connectivity index is 1.78. The zero-order chi connectivity index (χ0) is 19.7. The minimum atomic E-state index is -0.269. The van der Waals surface area contributed by atoms with Gasteiger partial charge in [-0.2, -0.15) is 0 Å². The number of imidazole rings is 1. The molecule has 1 amide bonds. The molecule has 1 fully saturated rings. The monoisotopic (exact) mass is 383 g/mol. The molecular weight excluding hydrogens is 361 g/mol. The highest BCUT2D eigenvalue weighted by Gasteiger charge is 2.28. The minimum absolute atomic E-state index is 0.0375. The van der Waals surface area contributed by atoms with Crippen molar-refractivity contribution in [3.05, 3.63) is 35.7 Å². The molecule has 0 aromatic carbocycles. The van der Waals surface area contributed by atoms with Crippen molar-refractivity contribution in [1.29, 1.82) is 0 Å². The summed E-state index contributed by atoms with van der Waals surface area (Å²) < 4.78 is 21.0. The normalized spacial score (nSPS) is 17.0. The average molecular weight is 383 g/mol. The molecule has 146 valence electrons. The summed E-state index contributed by atoms with van der Waals surface area (Å²) in [6.45, 7) is 4.67. The zero-order valence-corrected chi connectivity index (χ0v) is 15.9. The standard InChI is InChI=1S/C20H22FN5O2/c1-13-10-23-19(17-11-22-18-5-3-4-15(21)12-25(17)18)24-20(13)26(14(2)27)16-6-8-28-9-7-16/h3,5,10-12,16H,4,6-9H2,1-2H3. The molecule has 0 saturated carbocycles. The van der Waals surface area contributed by atoms with Crippen LogP contribution in [0.15, 0.2) is 24.3 Å². The van der Waals surface area contributed by atoms with Crippen molar-refractivity contribution in [2.45, 2.75) is 39.2 Å². The Labute approximate surface area is 162 Å². The highest BCUT2D eigenvalue weighted by Crippen LogP contribution is 2.28. The topological polar surface area (TPSA) is 73.1 Å². The number of carbonyl (C=O) groups is 1. The lowest BCUT2D eigenvalue weighted by molar-refractivity contribution is -0.117. The van der Waals surface area contributed by atoms with Crippen molar-refractivity contribution in [1.82, 2.24) is 19.5 Å². The van der Waals surface area contributed by atoms with Gasteiger partial charge in [-0.05, 0) is 25.8 Å². The van der Waals surface area contributed by atoms with Gasteiger partial charge in [-0.25, -0.2) is 19.3 Å². The Hall–Kier alpha value is -2.87. The molecule has 1 saturated heterocycles. The van der Waals surface area contributed by atoms with Crippen LogP contribution in [0.1, 0.15) is 37.6 Å². The van der Waals surface area contributed by atoms with Gasteiger partial charge in [0.15, 0.2) is 5.82 Å². The van der Waals surface area contributed by atoms with Gasteiger partial charge in [-0.1, -0.05) is 6.08 Å². The summed E-state index contributed by atoms with van der Waals surface area (Å²) in [7, 11) is 0. The Morgan fingerprint density at radius 2 is 2.07 bits per heavy atom. The van der Waals surface area contributed by atoms with Gasteiger partial charge in [0.1, 0.15) is 23.2 Å². The van der Waals surface area contributed by atoms with Crippen LogP contribution in [-0.2, 0) is 9.53 Å². The Morgan fingerprint density at radius 3 is 2.82 bits per heavy atom. The fraction of sp³-hybridized carbons (Fsp3) is 0.400. The number of ether oxygens (including phenoxy) is 1. The van der Waals surface area contributed by atoms with E-state index in [1.54, 1.807) is 40.9 Å². The number of nitrogens with zero attached hydrogens (tertiary/aromatic N) is 5. The number of fused-ring (bicyclic) bond motifs is 1. The predicted octanol–water partition coefficient (Wildman–Crippen LogP) is 3.37. The Kier molecular flexibility index (Phi) is 5.04. The van der Waals surface area contributed by atoms with Gasteiger partial charge < -0.3 is 4.74 Å². The van der Waals surface area contributed by atoms with Crippen molar-refractivity contribution in [3.8, 4) is 11.5 Å². The van der Waals surface area contributed by atoms with Crippen LogP contribution in [0.4, 0.5) is 10.2 Å². The van der Waals surface area contributed by atoms with Crippen molar-refractivity contribution in [2.75, 3.05) is 18.1 Å². The van der Waals surface area contributed by atoms with Gasteiger partial charge in [0.05, 0.1) is 6.20 Å². The second-order valence-electron chi connectivity index (χ2n) is 6.99. The molecular formula is C20H22FN5O2. The fourth-order valence-corrected chi connectivity index (χ4v) is 3.59. The first-order chi connectivity index (χ1) is 13.5. The molecule has 28 heavy (non-hydrogen) atoms. The number of hydrogen-bond acceptors (Lipinski definition) is 5. The van der Waals surface area contributed by atoms with E-state index in [4.69, 9.17) is 9.72 Å². The van der Waals surface area contributed by atoms with E-state index in [1.807, 2.05) is 6.92 Å². The molecule has 7 nitrogen and oxygen atoms in total. The molecule has 4 rings (SSSR count). The Bertz CT molecular complexity index is 960. The summed E-state index contributed by atoms with van der Waals surface area (Å²) in [5.74, 6) is 1.25. The number of aryl methyl sites for hydroxylation is 1. The summed E-state index contributed by atoms with van der Waals surface area (Å²) in [6.07, 6.45) is 9.97. The van der Waals surface area contributed by atoms with Crippen LogP contribution in [-0.4, -0.2) is 44.7 Å². The number of anilines is 1. The molecule has 0 aliphatic carbocycles. The average Bonchev–Trinajstić information content (AvgIpc) is 2.97. The second kappa shape index (κ2) is 7.63. The van der Waals surface area contributed by atoms with Gasteiger partial charge in [-0.15, -0.1) is 0 Å². The van der Waals surface area contributed by atoms with Crippen molar-refractivity contribution in [2.24, 2.45) is 0 Å². The smallest absolute Gasteiger partial charge is 0.225 e. The van der Waals surface area contributed by atoms with E-state index in [-0.39, 0.29) is 24.2 Å². The summed E-state index contributed by atoms with van der Waals surface area (Å²) in [5, 5.41) is 0. The fourth-order valence-electron chi connectivity index (χ4n) is 3.59. The maximum Gasteiger partial charge on any atom is 0.225 e. The number of halogens is 1. The number of carbonyl (C=O) groups excluding carboxylic acids is 1. The van der Waals surface area contributed by atoms with Crippen LogP contribution >= 0.6 is 0 Å². The lowest BCUT2D eigenvalue weighted by Gasteiger charge is -2.33. The van der Waals surface area contributed by atoms with Crippen molar-refractivity contribution in [3.63, 3.8) is 0 Å². The lowest BCUT2D eigenvalue weighted by atomic mass is 10.1. The first-order valence-corrected chi connectivity index (χ1v) is 9.36. The molecule has 2 aliphatic rings. The van der Waals surface area contributed by atoms with E-state index < -0.39 is 0 Å². The maximum absolute atomic E-state index is 14.0. The molecule has 0 atom stereocenters. The van der Waals surface area contributed by atoms with Crippen LogP contribution < -0.4 is 4.90 Å². The van der Waals surface area contributed by atoms with E-state index in [0.29, 0.717) is 36.4 Å². The lowest BCUT2D eigenvalue weighted by Crippen LogP contribution is -2.43. The van der Waals surface area contributed by atoms with E-state index in [9.17, 15) is 9.18 Å².